The van der Waals surface area contributed by atoms with Gasteiger partial charge in [0.05, 0.1) is 10.0 Å². The van der Waals surface area contributed by atoms with Crippen molar-refractivity contribution in [3.8, 4) is 5.75 Å². The van der Waals surface area contributed by atoms with Crippen LogP contribution in [0.25, 0.3) is 0 Å². The molecule has 1 rings (SSSR count). The minimum atomic E-state index is -0.805. The summed E-state index contributed by atoms with van der Waals surface area (Å²) in [5.74, 6) is -1.28. The highest BCUT2D eigenvalue weighted by molar-refractivity contribution is 6.40. The van der Waals surface area contributed by atoms with E-state index in [1.54, 1.807) is 6.92 Å². The van der Waals surface area contributed by atoms with Crippen LogP contribution < -0.4 is 4.74 Å². The van der Waals surface area contributed by atoms with Crippen LogP contribution in [0.15, 0.2) is 24.3 Å². The predicted molar refractivity (Wildman–Crippen MR) is 86.6 cm³/mol. The van der Waals surface area contributed by atoms with Gasteiger partial charge < -0.3 is 9.47 Å². The van der Waals surface area contributed by atoms with E-state index >= 15 is 0 Å². The zero-order chi connectivity index (χ0) is 16.9. The Bertz CT molecular complexity index is 573. The molecule has 1 aromatic rings. The van der Waals surface area contributed by atoms with Crippen LogP contribution in [-0.2, 0) is 14.3 Å². The number of carbonyl (C=O) groups excluding carboxylic acids is 2. The maximum atomic E-state index is 11.7. The van der Waals surface area contributed by atoms with Crippen LogP contribution in [0.2, 0.25) is 15.1 Å². The number of ether oxygens (including phenoxy) is 2. The van der Waals surface area contributed by atoms with Crippen molar-refractivity contribution in [2.75, 3.05) is 0 Å². The lowest BCUT2D eigenvalue weighted by atomic mass is 10.1. The Morgan fingerprint density at radius 1 is 1.00 bits per heavy atom. The highest BCUT2D eigenvalue weighted by Crippen LogP contribution is 2.35. The Balaban J connectivity index is 2.67. The van der Waals surface area contributed by atoms with Crippen LogP contribution in [0.4, 0.5) is 0 Å². The van der Waals surface area contributed by atoms with Crippen LogP contribution in [0.5, 0.6) is 5.75 Å². The van der Waals surface area contributed by atoms with Gasteiger partial charge in [0.2, 0.25) is 0 Å². The van der Waals surface area contributed by atoms with Gasteiger partial charge >= 0.3 is 11.9 Å². The number of esters is 2. The summed E-state index contributed by atoms with van der Waals surface area (Å²) in [5, 5.41) is 0.502. The van der Waals surface area contributed by atoms with E-state index in [1.807, 2.05) is 13.8 Å². The van der Waals surface area contributed by atoms with Crippen LogP contribution in [-0.4, -0.2) is 18.0 Å². The number of hydrogen-bond acceptors (Lipinski definition) is 4. The molecule has 0 radical (unpaired) electrons. The first-order valence-corrected chi connectivity index (χ1v) is 7.59. The molecule has 0 aliphatic carbocycles. The summed E-state index contributed by atoms with van der Waals surface area (Å²) in [6.45, 7) is 5.60. The van der Waals surface area contributed by atoms with Crippen molar-refractivity contribution in [3.05, 3.63) is 39.4 Å². The van der Waals surface area contributed by atoms with E-state index in [2.05, 4.69) is 0 Å². The monoisotopic (exact) mass is 364 g/mol. The molecule has 0 spiro atoms. The Hall–Kier alpha value is -1.23. The van der Waals surface area contributed by atoms with Crippen molar-refractivity contribution < 1.29 is 19.1 Å². The summed E-state index contributed by atoms with van der Waals surface area (Å²) in [5.41, 5.74) is 0. The molecule has 7 heteroatoms. The van der Waals surface area contributed by atoms with E-state index < -0.39 is 11.9 Å². The van der Waals surface area contributed by atoms with Gasteiger partial charge in [0, 0.05) is 17.2 Å². The van der Waals surface area contributed by atoms with Crippen molar-refractivity contribution >= 4 is 46.7 Å². The fraction of sp³-hybridized carbons (Fsp3) is 0.333. The molecule has 0 fully saturated rings. The lowest BCUT2D eigenvalue weighted by Gasteiger charge is -2.14. The Morgan fingerprint density at radius 2 is 1.50 bits per heavy atom. The molecule has 0 N–H and O–H groups in total. The third-order valence-corrected chi connectivity index (χ3v) is 3.54. The third kappa shape index (κ3) is 5.87. The second-order valence-electron chi connectivity index (χ2n) is 4.84. The summed E-state index contributed by atoms with van der Waals surface area (Å²) < 4.78 is 10.1. The van der Waals surface area contributed by atoms with E-state index in [4.69, 9.17) is 44.3 Å². The number of halogens is 3. The smallest absolute Gasteiger partial charge is 0.336 e. The molecule has 4 nitrogen and oxygen atoms in total. The molecule has 120 valence electrons. The lowest BCUT2D eigenvalue weighted by Crippen LogP contribution is -2.19. The molecule has 0 saturated heterocycles. The summed E-state index contributed by atoms with van der Waals surface area (Å²) >= 11 is 17.5. The first kappa shape index (κ1) is 18.8. The minimum Gasteiger partial charge on any atom is -0.459 e. The van der Waals surface area contributed by atoms with Crippen LogP contribution in [0.1, 0.15) is 20.8 Å². The molecule has 22 heavy (non-hydrogen) atoms. The Kier molecular flexibility index (Phi) is 7.20. The van der Waals surface area contributed by atoms with Crippen molar-refractivity contribution in [1.82, 2.24) is 0 Å². The SMILES string of the molecule is CC(C)C(C)OC(=O)/C=C/C(=O)Oc1c(Cl)cc(Cl)cc1Cl. The molecule has 0 aromatic heterocycles. The first-order valence-electron chi connectivity index (χ1n) is 6.45. The molecule has 1 atom stereocenters. The molecular formula is C15H15Cl3O4. The van der Waals surface area contributed by atoms with Crippen LogP contribution in [0, 0.1) is 5.92 Å². The van der Waals surface area contributed by atoms with Crippen LogP contribution in [0.3, 0.4) is 0 Å². The van der Waals surface area contributed by atoms with Gasteiger partial charge in [0.1, 0.15) is 6.10 Å². The van der Waals surface area contributed by atoms with Crippen molar-refractivity contribution in [3.63, 3.8) is 0 Å². The predicted octanol–water partition coefficient (Wildman–Crippen LogP) is 4.70. The van der Waals surface area contributed by atoms with Gasteiger partial charge in [-0.15, -0.1) is 0 Å². The van der Waals surface area contributed by atoms with E-state index in [1.165, 1.54) is 12.1 Å². The molecule has 1 unspecified atom stereocenters. The lowest BCUT2D eigenvalue weighted by molar-refractivity contribution is -0.144. The quantitative estimate of drug-likeness (QED) is 0.431. The zero-order valence-corrected chi connectivity index (χ0v) is 14.5. The fourth-order valence-corrected chi connectivity index (χ4v) is 2.15. The molecule has 0 bridgehead atoms. The number of rotatable bonds is 5. The molecule has 0 aliphatic rings. The largest absolute Gasteiger partial charge is 0.459 e. The summed E-state index contributed by atoms with van der Waals surface area (Å²) in [7, 11) is 0. The number of hydrogen-bond donors (Lipinski definition) is 0. The van der Waals surface area contributed by atoms with Crippen LogP contribution >= 0.6 is 34.8 Å². The molecule has 1 aromatic carbocycles. The average Bonchev–Trinajstić information content (AvgIpc) is 2.40. The average molecular weight is 366 g/mol. The van der Waals surface area contributed by atoms with Gasteiger partial charge in [-0.3, -0.25) is 0 Å². The number of carbonyl (C=O) groups is 2. The third-order valence-electron chi connectivity index (χ3n) is 2.76. The fourth-order valence-electron chi connectivity index (χ4n) is 1.26. The molecule has 0 heterocycles. The van der Waals surface area contributed by atoms with E-state index in [0.29, 0.717) is 5.02 Å². The van der Waals surface area contributed by atoms with Gasteiger partial charge in [-0.2, -0.15) is 0 Å². The van der Waals surface area contributed by atoms with Crippen molar-refractivity contribution in [1.29, 1.82) is 0 Å². The van der Waals surface area contributed by atoms with Gasteiger partial charge in [-0.1, -0.05) is 48.7 Å². The zero-order valence-electron chi connectivity index (χ0n) is 12.2. The maximum absolute atomic E-state index is 11.7. The standard InChI is InChI=1S/C15H15Cl3O4/c1-8(2)9(3)21-13(19)4-5-14(20)22-15-11(17)6-10(16)7-12(15)18/h4-9H,1-3H3/b5-4+. The topological polar surface area (TPSA) is 52.6 Å². The van der Waals surface area contributed by atoms with E-state index in [-0.39, 0.29) is 27.8 Å². The Labute approximate surface area is 143 Å². The highest BCUT2D eigenvalue weighted by atomic mass is 35.5. The molecule has 0 aliphatic heterocycles. The maximum Gasteiger partial charge on any atom is 0.336 e. The second kappa shape index (κ2) is 8.42. The van der Waals surface area contributed by atoms with Gasteiger partial charge in [0.15, 0.2) is 5.75 Å². The highest BCUT2D eigenvalue weighted by Gasteiger charge is 2.14. The van der Waals surface area contributed by atoms with Gasteiger partial charge in [0.25, 0.3) is 0 Å². The van der Waals surface area contributed by atoms with Crippen molar-refractivity contribution in [2.24, 2.45) is 5.92 Å². The van der Waals surface area contributed by atoms with Gasteiger partial charge in [-0.05, 0) is 25.0 Å². The normalized spacial score (nSPS) is 12.5. The second-order valence-corrected chi connectivity index (χ2v) is 6.09. The minimum absolute atomic E-state index is 0.0219. The molecular weight excluding hydrogens is 351 g/mol. The van der Waals surface area contributed by atoms with E-state index in [9.17, 15) is 9.59 Å². The van der Waals surface area contributed by atoms with E-state index in [0.717, 1.165) is 12.2 Å². The molecule has 0 amide bonds. The summed E-state index contributed by atoms with van der Waals surface area (Å²) in [4.78, 5) is 23.2. The molecule has 0 saturated carbocycles. The van der Waals surface area contributed by atoms with Gasteiger partial charge in [-0.25, -0.2) is 9.59 Å². The first-order chi connectivity index (χ1) is 10.2. The summed E-state index contributed by atoms with van der Waals surface area (Å²) in [6, 6.07) is 2.78. The van der Waals surface area contributed by atoms with Crippen molar-refractivity contribution in [2.45, 2.75) is 26.9 Å². The number of benzene rings is 1. The summed E-state index contributed by atoms with van der Waals surface area (Å²) in [6.07, 6.45) is 1.67. The Morgan fingerprint density at radius 3 is 2.00 bits per heavy atom.